The molecule has 1 unspecified atom stereocenters. The molecule has 1 aromatic carbocycles. The van der Waals surface area contributed by atoms with Crippen LogP contribution in [0.3, 0.4) is 0 Å². The molecule has 0 aliphatic rings. The zero-order valence-corrected chi connectivity index (χ0v) is 15.2. The van der Waals surface area contributed by atoms with Crippen molar-refractivity contribution in [1.82, 2.24) is 4.98 Å². The van der Waals surface area contributed by atoms with Gasteiger partial charge in [-0.3, -0.25) is 4.79 Å². The van der Waals surface area contributed by atoms with Crippen molar-refractivity contribution in [2.75, 3.05) is 0 Å². The lowest BCUT2D eigenvalue weighted by Crippen LogP contribution is -2.36. The molecular weight excluding hydrogens is 365 g/mol. The summed E-state index contributed by atoms with van der Waals surface area (Å²) >= 11 is 7.24. The summed E-state index contributed by atoms with van der Waals surface area (Å²) in [5.41, 5.74) is 0.107. The SMILES string of the molecule is CCC(C)(C(=O)Oc1cocn1)c1ccc(F)c(-c2ccc(Cl)s2)c1. The number of carbonyl (C=O) groups is 1. The lowest BCUT2D eigenvalue weighted by molar-refractivity contribution is -0.140. The molecule has 0 aliphatic heterocycles. The van der Waals surface area contributed by atoms with E-state index < -0.39 is 11.4 Å². The van der Waals surface area contributed by atoms with Gasteiger partial charge in [-0.25, -0.2) is 4.39 Å². The lowest BCUT2D eigenvalue weighted by Gasteiger charge is -2.26. The van der Waals surface area contributed by atoms with E-state index in [4.69, 9.17) is 20.8 Å². The van der Waals surface area contributed by atoms with Gasteiger partial charge in [0, 0.05) is 10.4 Å². The van der Waals surface area contributed by atoms with Crippen LogP contribution < -0.4 is 4.74 Å². The van der Waals surface area contributed by atoms with Gasteiger partial charge in [0.1, 0.15) is 5.82 Å². The molecule has 0 saturated carbocycles. The Morgan fingerprint density at radius 2 is 2.20 bits per heavy atom. The predicted molar refractivity (Wildman–Crippen MR) is 94.5 cm³/mol. The minimum atomic E-state index is -0.956. The third-order valence-electron chi connectivity index (χ3n) is 4.21. The van der Waals surface area contributed by atoms with Crippen molar-refractivity contribution in [3.63, 3.8) is 0 Å². The molecule has 0 fully saturated rings. The Labute approximate surface area is 153 Å². The highest BCUT2D eigenvalue weighted by molar-refractivity contribution is 7.19. The van der Waals surface area contributed by atoms with Crippen molar-refractivity contribution in [3.8, 4) is 16.3 Å². The lowest BCUT2D eigenvalue weighted by atomic mass is 9.79. The van der Waals surface area contributed by atoms with Gasteiger partial charge >= 0.3 is 5.97 Å². The van der Waals surface area contributed by atoms with Crippen LogP contribution in [0.25, 0.3) is 10.4 Å². The minimum Gasteiger partial charge on any atom is -0.448 e. The van der Waals surface area contributed by atoms with Gasteiger partial charge in [-0.15, -0.1) is 11.3 Å². The molecule has 0 spiro atoms. The summed E-state index contributed by atoms with van der Waals surface area (Å²) in [5.74, 6) is -0.756. The quantitative estimate of drug-likeness (QED) is 0.551. The normalized spacial score (nSPS) is 13.4. The Kier molecular flexibility index (Phi) is 4.92. The van der Waals surface area contributed by atoms with E-state index in [1.165, 1.54) is 30.1 Å². The molecule has 0 saturated heterocycles. The van der Waals surface area contributed by atoms with E-state index in [9.17, 15) is 9.18 Å². The highest BCUT2D eigenvalue weighted by Gasteiger charge is 2.36. The highest BCUT2D eigenvalue weighted by atomic mass is 35.5. The van der Waals surface area contributed by atoms with E-state index in [-0.39, 0.29) is 11.7 Å². The molecule has 0 aliphatic carbocycles. The Hall–Kier alpha value is -2.18. The molecule has 0 bridgehead atoms. The van der Waals surface area contributed by atoms with Gasteiger partial charge in [-0.05, 0) is 43.2 Å². The first kappa shape index (κ1) is 17.6. The molecular formula is C18H15ClFNO3S. The summed E-state index contributed by atoms with van der Waals surface area (Å²) in [7, 11) is 0. The molecule has 130 valence electrons. The molecule has 3 aromatic rings. The molecule has 0 N–H and O–H groups in total. The molecule has 7 heteroatoms. The summed E-state index contributed by atoms with van der Waals surface area (Å²) in [6, 6.07) is 8.10. The number of nitrogens with zero attached hydrogens (tertiary/aromatic N) is 1. The van der Waals surface area contributed by atoms with Crippen LogP contribution in [0.4, 0.5) is 4.39 Å². The van der Waals surface area contributed by atoms with Crippen molar-refractivity contribution in [3.05, 3.63) is 58.7 Å². The number of carbonyl (C=O) groups excluding carboxylic acids is 1. The second kappa shape index (κ2) is 6.98. The number of oxazole rings is 1. The molecule has 4 nitrogen and oxygen atoms in total. The van der Waals surface area contributed by atoms with Crippen LogP contribution in [-0.2, 0) is 10.2 Å². The number of benzene rings is 1. The fraction of sp³-hybridized carbons (Fsp3) is 0.222. The van der Waals surface area contributed by atoms with Crippen LogP contribution >= 0.6 is 22.9 Å². The minimum absolute atomic E-state index is 0.0945. The Morgan fingerprint density at radius 1 is 1.40 bits per heavy atom. The number of esters is 1. The van der Waals surface area contributed by atoms with Gasteiger partial charge in [-0.1, -0.05) is 24.6 Å². The van der Waals surface area contributed by atoms with Crippen molar-refractivity contribution >= 4 is 28.9 Å². The molecule has 0 radical (unpaired) electrons. The van der Waals surface area contributed by atoms with E-state index >= 15 is 0 Å². The number of hydrogen-bond acceptors (Lipinski definition) is 5. The van der Waals surface area contributed by atoms with Crippen LogP contribution in [0.15, 0.2) is 47.4 Å². The first-order chi connectivity index (χ1) is 11.9. The maximum Gasteiger partial charge on any atom is 0.323 e. The number of aromatic nitrogens is 1. The second-order valence-corrected chi connectivity index (χ2v) is 7.42. The van der Waals surface area contributed by atoms with Crippen LogP contribution in [0.2, 0.25) is 4.34 Å². The summed E-state index contributed by atoms with van der Waals surface area (Å²) in [6.07, 6.45) is 2.90. The molecule has 2 heterocycles. The van der Waals surface area contributed by atoms with E-state index in [1.807, 2.05) is 6.92 Å². The summed E-state index contributed by atoms with van der Waals surface area (Å²) in [4.78, 5) is 17.2. The van der Waals surface area contributed by atoms with Crippen molar-refractivity contribution in [2.24, 2.45) is 0 Å². The standard InChI is InChI=1S/C18H15ClFNO3S/c1-3-18(2,17(22)24-16-9-23-10-21-16)11-4-5-13(20)12(8-11)14-6-7-15(19)25-14/h4-10H,3H2,1-2H3. The fourth-order valence-corrected chi connectivity index (χ4v) is 3.50. The Morgan fingerprint density at radius 3 is 2.80 bits per heavy atom. The van der Waals surface area contributed by atoms with E-state index in [2.05, 4.69) is 4.98 Å². The maximum absolute atomic E-state index is 14.3. The predicted octanol–water partition coefficient (Wildman–Crippen LogP) is 5.47. The Bertz CT molecular complexity index is 894. The first-order valence-electron chi connectivity index (χ1n) is 7.60. The van der Waals surface area contributed by atoms with Crippen LogP contribution in [0, 0.1) is 5.82 Å². The maximum atomic E-state index is 14.3. The van der Waals surface area contributed by atoms with Gasteiger partial charge < -0.3 is 9.15 Å². The average molecular weight is 380 g/mol. The summed E-state index contributed by atoms with van der Waals surface area (Å²) in [6.45, 7) is 3.63. The molecule has 1 atom stereocenters. The van der Waals surface area contributed by atoms with E-state index in [1.54, 1.807) is 31.2 Å². The number of rotatable bonds is 5. The monoisotopic (exact) mass is 379 g/mol. The molecule has 2 aromatic heterocycles. The van der Waals surface area contributed by atoms with Gasteiger partial charge in [0.05, 0.1) is 9.75 Å². The largest absolute Gasteiger partial charge is 0.448 e. The second-order valence-electron chi connectivity index (χ2n) is 5.70. The average Bonchev–Trinajstić information content (AvgIpc) is 3.26. The Balaban J connectivity index is 1.99. The zero-order chi connectivity index (χ0) is 18.0. The molecule has 25 heavy (non-hydrogen) atoms. The highest BCUT2D eigenvalue weighted by Crippen LogP contribution is 2.37. The number of halogens is 2. The van der Waals surface area contributed by atoms with E-state index in [0.717, 1.165) is 0 Å². The van der Waals surface area contributed by atoms with Crippen LogP contribution in [-0.4, -0.2) is 11.0 Å². The number of thiophene rings is 1. The summed E-state index contributed by atoms with van der Waals surface area (Å²) < 4.78 is 25.0. The van der Waals surface area contributed by atoms with Crippen LogP contribution in [0.5, 0.6) is 5.88 Å². The third-order valence-corrected chi connectivity index (χ3v) is 5.47. The van der Waals surface area contributed by atoms with Crippen molar-refractivity contribution < 1.29 is 18.3 Å². The summed E-state index contributed by atoms with van der Waals surface area (Å²) in [5, 5.41) is 0. The zero-order valence-electron chi connectivity index (χ0n) is 13.6. The van der Waals surface area contributed by atoms with Gasteiger partial charge in [0.2, 0.25) is 0 Å². The first-order valence-corrected chi connectivity index (χ1v) is 8.79. The van der Waals surface area contributed by atoms with Crippen molar-refractivity contribution in [1.29, 1.82) is 0 Å². The fourth-order valence-electron chi connectivity index (χ4n) is 2.44. The van der Waals surface area contributed by atoms with Gasteiger partial charge in [-0.2, -0.15) is 4.98 Å². The van der Waals surface area contributed by atoms with Crippen molar-refractivity contribution in [2.45, 2.75) is 25.7 Å². The van der Waals surface area contributed by atoms with Gasteiger partial charge in [0.15, 0.2) is 12.7 Å². The third kappa shape index (κ3) is 3.45. The van der Waals surface area contributed by atoms with E-state index in [0.29, 0.717) is 26.8 Å². The smallest absolute Gasteiger partial charge is 0.323 e. The van der Waals surface area contributed by atoms with Gasteiger partial charge in [0.25, 0.3) is 5.88 Å². The topological polar surface area (TPSA) is 52.3 Å². The van der Waals surface area contributed by atoms with Crippen LogP contribution in [0.1, 0.15) is 25.8 Å². The molecule has 3 rings (SSSR count). The number of hydrogen-bond donors (Lipinski definition) is 0. The number of ether oxygens (including phenoxy) is 1. The molecule has 0 amide bonds.